The Kier molecular flexibility index (Phi) is 5.75. The highest BCUT2D eigenvalue weighted by atomic mass is 16.5. The van der Waals surface area contributed by atoms with E-state index in [1.165, 1.54) is 51.4 Å². The molecule has 1 N–H and O–H groups in total. The second-order valence-corrected chi connectivity index (χ2v) is 6.42. The van der Waals surface area contributed by atoms with E-state index in [4.69, 9.17) is 9.15 Å². The minimum atomic E-state index is -0.406. The average Bonchev–Trinajstić information content (AvgIpc) is 2.59. The summed E-state index contributed by atoms with van der Waals surface area (Å²) in [6.07, 6.45) is 7.28. The highest BCUT2D eigenvalue weighted by molar-refractivity contribution is 5.80. The predicted octanol–water partition coefficient (Wildman–Crippen LogP) is 3.53. The van der Waals surface area contributed by atoms with Crippen molar-refractivity contribution < 1.29 is 14.3 Å². The molecule has 1 aliphatic rings. The van der Waals surface area contributed by atoms with Crippen molar-refractivity contribution >= 4 is 11.0 Å². The maximum absolute atomic E-state index is 11.3. The zero-order chi connectivity index (χ0) is 16.8. The molecule has 0 saturated carbocycles. The van der Waals surface area contributed by atoms with Crippen LogP contribution in [-0.2, 0) is 0 Å². The van der Waals surface area contributed by atoms with Crippen molar-refractivity contribution in [2.75, 3.05) is 26.2 Å². The molecule has 1 aliphatic heterocycles. The van der Waals surface area contributed by atoms with Crippen LogP contribution < -0.4 is 10.4 Å². The molecule has 0 spiro atoms. The van der Waals surface area contributed by atoms with Crippen molar-refractivity contribution in [1.29, 1.82) is 0 Å². The van der Waals surface area contributed by atoms with E-state index in [0.29, 0.717) is 23.3 Å². The Hall–Kier alpha value is -2.01. The van der Waals surface area contributed by atoms with Crippen molar-refractivity contribution in [3.63, 3.8) is 0 Å². The lowest BCUT2D eigenvalue weighted by atomic mass is 10.1. The normalized spacial score (nSPS) is 15.7. The largest absolute Gasteiger partial charge is 0.504 e. The van der Waals surface area contributed by atoms with E-state index in [1.807, 2.05) is 0 Å². The Morgan fingerprint density at radius 3 is 2.75 bits per heavy atom. The Morgan fingerprint density at radius 1 is 1.08 bits per heavy atom. The van der Waals surface area contributed by atoms with Gasteiger partial charge in [0.15, 0.2) is 11.5 Å². The number of piperidine rings is 1. The van der Waals surface area contributed by atoms with E-state index in [-0.39, 0.29) is 5.75 Å². The highest BCUT2D eigenvalue weighted by Crippen LogP contribution is 2.30. The van der Waals surface area contributed by atoms with Gasteiger partial charge in [0, 0.05) is 17.5 Å². The molecular formula is C19H25NO4. The van der Waals surface area contributed by atoms with Crippen LogP contribution in [0.4, 0.5) is 0 Å². The standard InChI is InChI=1S/C19H25NO4/c21-16-13-15-7-8-19(22)24-17(15)14-18(16)23-12-6-2-5-11-20-9-3-1-4-10-20/h7-8,13-14,21H,1-6,9-12H2. The molecule has 3 rings (SSSR count). The molecule has 0 aliphatic carbocycles. The molecule has 5 heteroatoms. The highest BCUT2D eigenvalue weighted by Gasteiger charge is 2.09. The lowest BCUT2D eigenvalue weighted by molar-refractivity contribution is 0.220. The van der Waals surface area contributed by atoms with Crippen LogP contribution in [0, 0.1) is 0 Å². The van der Waals surface area contributed by atoms with Crippen LogP contribution in [0.5, 0.6) is 11.5 Å². The van der Waals surface area contributed by atoms with E-state index in [1.54, 1.807) is 18.2 Å². The van der Waals surface area contributed by atoms with Gasteiger partial charge in [-0.05, 0) is 63.9 Å². The van der Waals surface area contributed by atoms with E-state index < -0.39 is 5.63 Å². The molecule has 1 fully saturated rings. The number of phenolic OH excluding ortho intramolecular Hbond substituents is 1. The first-order valence-corrected chi connectivity index (χ1v) is 8.84. The van der Waals surface area contributed by atoms with Crippen molar-refractivity contribution in [2.24, 2.45) is 0 Å². The topological polar surface area (TPSA) is 62.9 Å². The SMILES string of the molecule is O=c1ccc2cc(O)c(OCCCCCN3CCCCC3)cc2o1. The molecule has 0 atom stereocenters. The van der Waals surface area contributed by atoms with Crippen LogP contribution in [0.3, 0.4) is 0 Å². The van der Waals surface area contributed by atoms with Crippen molar-refractivity contribution in [3.8, 4) is 11.5 Å². The van der Waals surface area contributed by atoms with Crippen LogP contribution >= 0.6 is 0 Å². The monoisotopic (exact) mass is 331 g/mol. The number of nitrogens with zero attached hydrogens (tertiary/aromatic N) is 1. The molecule has 1 aromatic carbocycles. The van der Waals surface area contributed by atoms with Gasteiger partial charge in [0.25, 0.3) is 0 Å². The zero-order valence-corrected chi connectivity index (χ0v) is 14.0. The smallest absolute Gasteiger partial charge is 0.336 e. The van der Waals surface area contributed by atoms with E-state index in [9.17, 15) is 9.90 Å². The van der Waals surface area contributed by atoms with Crippen LogP contribution in [-0.4, -0.2) is 36.2 Å². The summed E-state index contributed by atoms with van der Waals surface area (Å²) in [6.45, 7) is 4.21. The van der Waals surface area contributed by atoms with E-state index in [2.05, 4.69) is 4.90 Å². The summed E-state index contributed by atoms with van der Waals surface area (Å²) in [5.41, 5.74) is 0.0252. The zero-order valence-electron chi connectivity index (χ0n) is 14.0. The number of fused-ring (bicyclic) bond motifs is 1. The Labute approximate surface area is 141 Å². The fourth-order valence-electron chi connectivity index (χ4n) is 3.18. The van der Waals surface area contributed by atoms with Gasteiger partial charge in [-0.2, -0.15) is 0 Å². The van der Waals surface area contributed by atoms with Gasteiger partial charge in [0.1, 0.15) is 5.58 Å². The van der Waals surface area contributed by atoms with Crippen LogP contribution in [0.2, 0.25) is 0 Å². The lowest BCUT2D eigenvalue weighted by Gasteiger charge is -2.26. The fourth-order valence-corrected chi connectivity index (χ4v) is 3.18. The van der Waals surface area contributed by atoms with Crippen molar-refractivity contribution in [3.05, 3.63) is 34.7 Å². The quantitative estimate of drug-likeness (QED) is 0.621. The molecule has 2 heterocycles. The van der Waals surface area contributed by atoms with Gasteiger partial charge in [-0.15, -0.1) is 0 Å². The van der Waals surface area contributed by atoms with Crippen LogP contribution in [0.1, 0.15) is 38.5 Å². The number of ether oxygens (including phenoxy) is 1. The van der Waals surface area contributed by atoms with Gasteiger partial charge in [-0.1, -0.05) is 6.42 Å². The Balaban J connectivity index is 1.43. The van der Waals surface area contributed by atoms with Gasteiger partial charge in [0.2, 0.25) is 0 Å². The molecule has 24 heavy (non-hydrogen) atoms. The number of aromatic hydroxyl groups is 1. The van der Waals surface area contributed by atoms with Crippen molar-refractivity contribution in [2.45, 2.75) is 38.5 Å². The summed E-state index contributed by atoms with van der Waals surface area (Å²) >= 11 is 0. The number of hydrogen-bond donors (Lipinski definition) is 1. The lowest BCUT2D eigenvalue weighted by Crippen LogP contribution is -2.30. The summed E-state index contributed by atoms with van der Waals surface area (Å²) in [5, 5.41) is 10.7. The molecule has 0 radical (unpaired) electrons. The number of hydrogen-bond acceptors (Lipinski definition) is 5. The molecule has 0 bridgehead atoms. The molecule has 5 nitrogen and oxygen atoms in total. The maximum Gasteiger partial charge on any atom is 0.336 e. The second kappa shape index (κ2) is 8.20. The summed E-state index contributed by atoms with van der Waals surface area (Å²) in [6, 6.07) is 6.11. The second-order valence-electron chi connectivity index (χ2n) is 6.42. The summed E-state index contributed by atoms with van der Waals surface area (Å²) in [4.78, 5) is 13.8. The number of unbranched alkanes of at least 4 members (excludes halogenated alkanes) is 2. The van der Waals surface area contributed by atoms with E-state index in [0.717, 1.165) is 12.8 Å². The minimum absolute atomic E-state index is 0.0738. The summed E-state index contributed by atoms with van der Waals surface area (Å²) in [5.74, 6) is 0.442. The minimum Gasteiger partial charge on any atom is -0.504 e. The van der Waals surface area contributed by atoms with Crippen LogP contribution in [0.15, 0.2) is 33.5 Å². The first-order valence-electron chi connectivity index (χ1n) is 8.84. The number of likely N-dealkylation sites (tertiary alicyclic amines) is 1. The molecular weight excluding hydrogens is 306 g/mol. The molecule has 0 unspecified atom stereocenters. The Morgan fingerprint density at radius 2 is 1.92 bits per heavy atom. The molecule has 2 aromatic rings. The molecule has 130 valence electrons. The summed E-state index contributed by atoms with van der Waals surface area (Å²) < 4.78 is 10.8. The number of phenols is 1. The van der Waals surface area contributed by atoms with Gasteiger partial charge < -0.3 is 19.2 Å². The van der Waals surface area contributed by atoms with E-state index >= 15 is 0 Å². The third-order valence-electron chi connectivity index (χ3n) is 4.53. The van der Waals surface area contributed by atoms with Crippen LogP contribution in [0.25, 0.3) is 11.0 Å². The Bertz CT molecular complexity index is 719. The maximum atomic E-state index is 11.3. The first kappa shape index (κ1) is 16.8. The molecule has 1 saturated heterocycles. The predicted molar refractivity (Wildman–Crippen MR) is 93.8 cm³/mol. The third kappa shape index (κ3) is 4.51. The molecule has 0 amide bonds. The summed E-state index contributed by atoms with van der Waals surface area (Å²) in [7, 11) is 0. The molecule has 1 aromatic heterocycles. The first-order chi connectivity index (χ1) is 11.7. The third-order valence-corrected chi connectivity index (χ3v) is 4.53. The van der Waals surface area contributed by atoms with Crippen molar-refractivity contribution in [1.82, 2.24) is 4.90 Å². The van der Waals surface area contributed by atoms with Gasteiger partial charge in [-0.3, -0.25) is 0 Å². The fraction of sp³-hybridized carbons (Fsp3) is 0.526. The van der Waals surface area contributed by atoms with Gasteiger partial charge in [-0.25, -0.2) is 4.79 Å². The number of benzene rings is 1. The van der Waals surface area contributed by atoms with Gasteiger partial charge in [0.05, 0.1) is 6.61 Å². The number of rotatable bonds is 7. The van der Waals surface area contributed by atoms with Gasteiger partial charge >= 0.3 is 5.63 Å². The average molecular weight is 331 g/mol.